The average molecular weight is 650 g/mol. The predicted octanol–water partition coefficient (Wildman–Crippen LogP) is 12.4. The van der Waals surface area contributed by atoms with Gasteiger partial charge in [-0.05, 0) is 85.3 Å². The van der Waals surface area contributed by atoms with Crippen molar-refractivity contribution in [1.82, 2.24) is 15.0 Å². The summed E-state index contributed by atoms with van der Waals surface area (Å²) >= 11 is 0. The van der Waals surface area contributed by atoms with Gasteiger partial charge >= 0.3 is 0 Å². The van der Waals surface area contributed by atoms with Crippen molar-refractivity contribution in [3.63, 3.8) is 0 Å². The van der Waals surface area contributed by atoms with E-state index in [-0.39, 0.29) is 0 Å². The van der Waals surface area contributed by atoms with E-state index in [9.17, 15) is 0 Å². The van der Waals surface area contributed by atoms with Crippen LogP contribution < -0.4 is 0 Å². The van der Waals surface area contributed by atoms with E-state index in [1.165, 1.54) is 33.0 Å². The molecule has 4 nitrogen and oxygen atoms in total. The Bertz CT molecular complexity index is 2960. The Morgan fingerprint density at radius 2 is 0.863 bits per heavy atom. The summed E-state index contributed by atoms with van der Waals surface area (Å²) in [6.45, 7) is 0. The van der Waals surface area contributed by atoms with Gasteiger partial charge in [0.05, 0.1) is 0 Å². The van der Waals surface area contributed by atoms with Crippen LogP contribution in [0.1, 0.15) is 0 Å². The molecule has 0 saturated heterocycles. The lowest BCUT2D eigenvalue weighted by atomic mass is 9.92. The van der Waals surface area contributed by atoms with Gasteiger partial charge in [-0.25, -0.2) is 15.0 Å². The van der Waals surface area contributed by atoms with Crippen LogP contribution in [0.4, 0.5) is 0 Å². The maximum Gasteiger partial charge on any atom is 0.164 e. The molecular weight excluding hydrogens is 623 g/mol. The van der Waals surface area contributed by atoms with Gasteiger partial charge in [0.1, 0.15) is 11.2 Å². The molecule has 0 aliphatic heterocycles. The van der Waals surface area contributed by atoms with Crippen molar-refractivity contribution < 1.29 is 4.42 Å². The van der Waals surface area contributed by atoms with Crippen molar-refractivity contribution in [1.29, 1.82) is 0 Å². The lowest BCUT2D eigenvalue weighted by molar-refractivity contribution is 0.669. The molecule has 2 heterocycles. The van der Waals surface area contributed by atoms with Crippen molar-refractivity contribution in [3.8, 4) is 67.5 Å². The largest absolute Gasteiger partial charge is 0.456 e. The van der Waals surface area contributed by atoms with Crippen LogP contribution in [0.2, 0.25) is 0 Å². The number of hydrogen-bond acceptors (Lipinski definition) is 4. The van der Waals surface area contributed by atoms with E-state index in [1.807, 2.05) is 60.7 Å². The lowest BCUT2D eigenvalue weighted by Gasteiger charge is -2.13. The molecular formula is C47H27N3O. The zero-order valence-corrected chi connectivity index (χ0v) is 27.3. The van der Waals surface area contributed by atoms with E-state index in [1.54, 1.807) is 0 Å². The molecule has 2 aromatic heterocycles. The van der Waals surface area contributed by atoms with Crippen LogP contribution in [-0.4, -0.2) is 15.0 Å². The molecule has 4 heteroatoms. The maximum atomic E-state index is 6.66. The van der Waals surface area contributed by atoms with Gasteiger partial charge in [-0.2, -0.15) is 0 Å². The normalized spacial score (nSPS) is 11.9. The summed E-state index contributed by atoms with van der Waals surface area (Å²) in [5.74, 6) is 1.91. The zero-order valence-electron chi connectivity index (χ0n) is 27.3. The molecule has 1 aliphatic carbocycles. The summed E-state index contributed by atoms with van der Waals surface area (Å²) in [7, 11) is 0. The highest BCUT2D eigenvalue weighted by Gasteiger charge is 2.25. The van der Waals surface area contributed by atoms with Crippen molar-refractivity contribution in [2.75, 3.05) is 0 Å². The number of benzene rings is 8. The van der Waals surface area contributed by atoms with Gasteiger partial charge in [-0.3, -0.25) is 0 Å². The lowest BCUT2D eigenvalue weighted by Crippen LogP contribution is -2.00. The maximum absolute atomic E-state index is 6.66. The molecule has 8 aromatic carbocycles. The third-order valence-corrected chi connectivity index (χ3v) is 10.2. The number of hydrogen-bond donors (Lipinski definition) is 0. The van der Waals surface area contributed by atoms with Crippen molar-refractivity contribution in [2.24, 2.45) is 0 Å². The van der Waals surface area contributed by atoms with Gasteiger partial charge in [-0.15, -0.1) is 0 Å². The van der Waals surface area contributed by atoms with Crippen molar-refractivity contribution in [2.45, 2.75) is 0 Å². The summed E-state index contributed by atoms with van der Waals surface area (Å²) < 4.78 is 6.66. The molecule has 0 N–H and O–H groups in total. The molecule has 51 heavy (non-hydrogen) atoms. The van der Waals surface area contributed by atoms with Gasteiger partial charge in [0.25, 0.3) is 0 Å². The summed E-state index contributed by atoms with van der Waals surface area (Å²) in [6.07, 6.45) is 0. The number of fused-ring (bicyclic) bond motifs is 7. The highest BCUT2D eigenvalue weighted by molar-refractivity contribution is 6.21. The fourth-order valence-corrected chi connectivity index (χ4v) is 7.93. The predicted molar refractivity (Wildman–Crippen MR) is 208 cm³/mol. The van der Waals surface area contributed by atoms with Crippen LogP contribution in [0.5, 0.6) is 0 Å². The Hall–Kier alpha value is -6.91. The third kappa shape index (κ3) is 4.30. The second-order valence-corrected chi connectivity index (χ2v) is 13.2. The fraction of sp³-hybridized carbons (Fsp3) is 0. The smallest absolute Gasteiger partial charge is 0.164 e. The average Bonchev–Trinajstić information content (AvgIpc) is 3.73. The highest BCUT2D eigenvalue weighted by Crippen LogP contribution is 2.50. The van der Waals surface area contributed by atoms with Crippen LogP contribution in [0.25, 0.3) is 111 Å². The number of rotatable bonds is 4. The summed E-state index contributed by atoms with van der Waals surface area (Å²) in [5, 5.41) is 7.05. The van der Waals surface area contributed by atoms with Crippen molar-refractivity contribution >= 4 is 43.5 Å². The standard InChI is InChI=1S/C47H27N3O/c1-3-12-29(13-4-1)45-48-46(30-14-5-2-6-15-30)50-47(49-45)32-24-31-16-7-8-19-33(31)37(25-32)36-22-11-23-41-44(36)40-26-38-34-20-9-17-28-18-10-21-35(43(28)34)39(38)27-42(40)51-41/h1-27H. The van der Waals surface area contributed by atoms with Crippen LogP contribution in [-0.2, 0) is 0 Å². The van der Waals surface area contributed by atoms with Gasteiger partial charge in [0.15, 0.2) is 17.5 Å². The summed E-state index contributed by atoms with van der Waals surface area (Å²) in [6, 6.07) is 57.3. The molecule has 0 saturated carbocycles. The van der Waals surface area contributed by atoms with Gasteiger partial charge < -0.3 is 4.42 Å². The second kappa shape index (κ2) is 10.8. The topological polar surface area (TPSA) is 51.8 Å². The van der Waals surface area contributed by atoms with Gasteiger partial charge in [0, 0.05) is 27.5 Å². The number of nitrogens with zero attached hydrogens (tertiary/aromatic N) is 3. The highest BCUT2D eigenvalue weighted by atomic mass is 16.3. The molecule has 0 spiro atoms. The fourth-order valence-electron chi connectivity index (χ4n) is 7.93. The first-order valence-corrected chi connectivity index (χ1v) is 17.2. The Labute approximate surface area is 293 Å². The molecule has 236 valence electrons. The molecule has 0 unspecified atom stereocenters. The van der Waals surface area contributed by atoms with E-state index in [0.717, 1.165) is 60.5 Å². The van der Waals surface area contributed by atoms with Crippen LogP contribution in [0.3, 0.4) is 0 Å². The SMILES string of the molecule is c1ccc(-c2nc(-c3ccccc3)nc(-c3cc(-c4cccc5oc6cc7c(cc6c45)-c4cccc5cccc-7c45)c4ccccc4c3)n2)cc1. The Kier molecular flexibility index (Phi) is 5.92. The first-order chi connectivity index (χ1) is 25.3. The van der Waals surface area contributed by atoms with E-state index in [4.69, 9.17) is 19.4 Å². The molecule has 10 aromatic rings. The Balaban J connectivity index is 1.16. The molecule has 11 rings (SSSR count). The van der Waals surface area contributed by atoms with E-state index < -0.39 is 0 Å². The van der Waals surface area contributed by atoms with E-state index >= 15 is 0 Å². The number of aromatic nitrogens is 3. The van der Waals surface area contributed by atoms with Crippen LogP contribution >= 0.6 is 0 Å². The number of furan rings is 1. The third-order valence-electron chi connectivity index (χ3n) is 10.2. The molecule has 0 radical (unpaired) electrons. The molecule has 0 amide bonds. The summed E-state index contributed by atoms with van der Waals surface area (Å²) in [4.78, 5) is 15.1. The van der Waals surface area contributed by atoms with Gasteiger partial charge in [0.2, 0.25) is 0 Å². The monoisotopic (exact) mass is 649 g/mol. The molecule has 1 aliphatic rings. The van der Waals surface area contributed by atoms with Crippen molar-refractivity contribution in [3.05, 3.63) is 164 Å². The first-order valence-electron chi connectivity index (χ1n) is 17.2. The van der Waals surface area contributed by atoms with E-state index in [2.05, 4.69) is 103 Å². The van der Waals surface area contributed by atoms with Crippen LogP contribution in [0.15, 0.2) is 168 Å². The minimum absolute atomic E-state index is 0.627. The van der Waals surface area contributed by atoms with Gasteiger partial charge in [-0.1, -0.05) is 133 Å². The minimum atomic E-state index is 0.627. The first kappa shape index (κ1) is 28.0. The molecule has 0 fully saturated rings. The summed E-state index contributed by atoms with van der Waals surface area (Å²) in [5.41, 5.74) is 11.8. The molecule has 0 bridgehead atoms. The quantitative estimate of drug-likeness (QED) is 0.190. The second-order valence-electron chi connectivity index (χ2n) is 13.2. The Morgan fingerprint density at radius 3 is 1.55 bits per heavy atom. The zero-order chi connectivity index (χ0) is 33.5. The molecule has 0 atom stereocenters. The van der Waals surface area contributed by atoms with Crippen LogP contribution in [0, 0.1) is 0 Å². The Morgan fingerprint density at radius 1 is 0.314 bits per heavy atom. The van der Waals surface area contributed by atoms with E-state index in [0.29, 0.717) is 17.5 Å². The minimum Gasteiger partial charge on any atom is -0.456 e.